The van der Waals surface area contributed by atoms with Crippen LogP contribution >= 0.6 is 11.6 Å². The molecule has 18 heavy (non-hydrogen) atoms. The SMILES string of the molecule is CCCNCC1(Cc2cc(Cl)ccc2F)CCC1. The first kappa shape index (κ1) is 13.8. The molecule has 1 aromatic carbocycles. The van der Waals surface area contributed by atoms with Gasteiger partial charge >= 0.3 is 0 Å². The van der Waals surface area contributed by atoms with Gasteiger partial charge in [-0.15, -0.1) is 0 Å². The lowest BCUT2D eigenvalue weighted by atomic mass is 9.65. The highest BCUT2D eigenvalue weighted by atomic mass is 35.5. The highest BCUT2D eigenvalue weighted by Gasteiger charge is 2.37. The van der Waals surface area contributed by atoms with E-state index in [0.717, 1.165) is 31.5 Å². The summed E-state index contributed by atoms with van der Waals surface area (Å²) >= 11 is 5.95. The van der Waals surface area contributed by atoms with Gasteiger partial charge in [-0.3, -0.25) is 0 Å². The topological polar surface area (TPSA) is 12.0 Å². The van der Waals surface area contributed by atoms with Crippen LogP contribution in [-0.4, -0.2) is 13.1 Å². The van der Waals surface area contributed by atoms with E-state index in [9.17, 15) is 4.39 Å². The van der Waals surface area contributed by atoms with Crippen molar-refractivity contribution >= 4 is 11.6 Å². The molecule has 0 atom stereocenters. The van der Waals surface area contributed by atoms with E-state index in [1.54, 1.807) is 12.1 Å². The van der Waals surface area contributed by atoms with Gasteiger partial charge in [-0.2, -0.15) is 0 Å². The Labute approximate surface area is 114 Å². The smallest absolute Gasteiger partial charge is 0.126 e. The summed E-state index contributed by atoms with van der Waals surface area (Å²) in [5.41, 5.74) is 1.02. The molecule has 0 spiro atoms. The van der Waals surface area contributed by atoms with Gasteiger partial charge < -0.3 is 5.32 Å². The minimum absolute atomic E-state index is 0.124. The van der Waals surface area contributed by atoms with E-state index in [-0.39, 0.29) is 11.2 Å². The maximum absolute atomic E-state index is 13.8. The summed E-state index contributed by atoms with van der Waals surface area (Å²) in [4.78, 5) is 0. The fourth-order valence-corrected chi connectivity index (χ4v) is 2.90. The highest BCUT2D eigenvalue weighted by molar-refractivity contribution is 6.30. The van der Waals surface area contributed by atoms with E-state index in [4.69, 9.17) is 11.6 Å². The molecule has 1 aliphatic carbocycles. The average Bonchev–Trinajstić information content (AvgIpc) is 2.30. The Balaban J connectivity index is 2.03. The Kier molecular flexibility index (Phi) is 4.63. The van der Waals surface area contributed by atoms with Gasteiger partial charge in [0.05, 0.1) is 0 Å². The highest BCUT2D eigenvalue weighted by Crippen LogP contribution is 2.43. The third-order valence-corrected chi connectivity index (χ3v) is 4.15. The molecule has 100 valence electrons. The Hall–Kier alpha value is -0.600. The molecule has 3 heteroatoms. The summed E-state index contributed by atoms with van der Waals surface area (Å²) in [6.45, 7) is 4.20. The zero-order chi connectivity index (χ0) is 13.0. The van der Waals surface area contributed by atoms with Gasteiger partial charge in [-0.1, -0.05) is 24.9 Å². The quantitative estimate of drug-likeness (QED) is 0.764. The summed E-state index contributed by atoms with van der Waals surface area (Å²) in [6.07, 6.45) is 5.58. The molecule has 0 bridgehead atoms. The number of rotatable bonds is 6. The third-order valence-electron chi connectivity index (χ3n) is 3.91. The van der Waals surface area contributed by atoms with E-state index in [1.807, 2.05) is 0 Å². The second-order valence-electron chi connectivity index (χ2n) is 5.44. The summed E-state index contributed by atoms with van der Waals surface area (Å²) in [6, 6.07) is 4.86. The Morgan fingerprint density at radius 3 is 2.78 bits per heavy atom. The molecule has 0 radical (unpaired) electrons. The molecule has 2 rings (SSSR count). The molecule has 1 nitrogen and oxygen atoms in total. The van der Waals surface area contributed by atoms with Crippen LogP contribution in [0.3, 0.4) is 0 Å². The summed E-state index contributed by atoms with van der Waals surface area (Å²) in [5.74, 6) is -0.124. The normalized spacial score (nSPS) is 17.5. The number of hydrogen-bond donors (Lipinski definition) is 1. The van der Waals surface area contributed by atoms with Crippen molar-refractivity contribution < 1.29 is 4.39 Å². The maximum Gasteiger partial charge on any atom is 0.126 e. The Morgan fingerprint density at radius 2 is 2.17 bits per heavy atom. The summed E-state index contributed by atoms with van der Waals surface area (Å²) in [7, 11) is 0. The lowest BCUT2D eigenvalue weighted by Crippen LogP contribution is -2.42. The van der Waals surface area contributed by atoms with E-state index in [1.165, 1.54) is 25.3 Å². The maximum atomic E-state index is 13.8. The number of nitrogens with one attached hydrogen (secondary N) is 1. The van der Waals surface area contributed by atoms with Crippen molar-refractivity contribution in [2.75, 3.05) is 13.1 Å². The number of halogens is 2. The van der Waals surface area contributed by atoms with E-state index in [0.29, 0.717) is 5.02 Å². The first-order chi connectivity index (χ1) is 8.65. The van der Waals surface area contributed by atoms with Crippen LogP contribution in [0.2, 0.25) is 5.02 Å². The lowest BCUT2D eigenvalue weighted by molar-refractivity contribution is 0.129. The Morgan fingerprint density at radius 1 is 1.39 bits per heavy atom. The minimum Gasteiger partial charge on any atom is -0.316 e. The molecule has 0 heterocycles. The van der Waals surface area contributed by atoms with E-state index < -0.39 is 0 Å². The van der Waals surface area contributed by atoms with Crippen LogP contribution in [-0.2, 0) is 6.42 Å². The Bertz CT molecular complexity index is 401. The van der Waals surface area contributed by atoms with Crippen molar-refractivity contribution in [1.82, 2.24) is 5.32 Å². The standard InChI is InChI=1S/C15H21ClFN/c1-2-8-18-11-15(6-3-7-15)10-12-9-13(16)4-5-14(12)17/h4-5,9,18H,2-3,6-8,10-11H2,1H3. The summed E-state index contributed by atoms with van der Waals surface area (Å²) in [5, 5.41) is 4.10. The van der Waals surface area contributed by atoms with E-state index in [2.05, 4.69) is 12.2 Å². The molecule has 1 saturated carbocycles. The molecule has 1 N–H and O–H groups in total. The zero-order valence-electron chi connectivity index (χ0n) is 10.9. The molecule has 0 saturated heterocycles. The van der Waals surface area contributed by atoms with Crippen LogP contribution in [0.5, 0.6) is 0 Å². The second-order valence-corrected chi connectivity index (χ2v) is 5.88. The molecular formula is C15H21ClFN. The molecule has 0 aliphatic heterocycles. The van der Waals surface area contributed by atoms with Crippen LogP contribution in [0.25, 0.3) is 0 Å². The van der Waals surface area contributed by atoms with Crippen LogP contribution in [0.4, 0.5) is 4.39 Å². The molecule has 0 amide bonds. The van der Waals surface area contributed by atoms with Gasteiger partial charge in [-0.25, -0.2) is 4.39 Å². The van der Waals surface area contributed by atoms with Crippen LogP contribution in [0, 0.1) is 11.2 Å². The van der Waals surface area contributed by atoms with Crippen LogP contribution in [0.1, 0.15) is 38.2 Å². The van der Waals surface area contributed by atoms with E-state index >= 15 is 0 Å². The largest absolute Gasteiger partial charge is 0.316 e. The van der Waals surface area contributed by atoms with Crippen molar-refractivity contribution in [3.05, 3.63) is 34.6 Å². The third kappa shape index (κ3) is 3.24. The first-order valence-corrected chi connectivity index (χ1v) is 7.18. The zero-order valence-corrected chi connectivity index (χ0v) is 11.7. The van der Waals surface area contributed by atoms with Gasteiger partial charge in [0.15, 0.2) is 0 Å². The van der Waals surface area contributed by atoms with Crippen molar-refractivity contribution in [2.24, 2.45) is 5.41 Å². The molecule has 0 aromatic heterocycles. The molecule has 1 aliphatic rings. The fourth-order valence-electron chi connectivity index (χ4n) is 2.71. The molecule has 1 aromatic rings. The van der Waals surface area contributed by atoms with Gasteiger partial charge in [-0.05, 0) is 61.4 Å². The van der Waals surface area contributed by atoms with Gasteiger partial charge in [0.25, 0.3) is 0 Å². The number of hydrogen-bond acceptors (Lipinski definition) is 1. The predicted molar refractivity (Wildman–Crippen MR) is 74.6 cm³/mol. The van der Waals surface area contributed by atoms with Gasteiger partial charge in [0, 0.05) is 11.6 Å². The summed E-state index contributed by atoms with van der Waals surface area (Å²) < 4.78 is 13.8. The lowest BCUT2D eigenvalue weighted by Gasteiger charge is -2.42. The van der Waals surface area contributed by atoms with Gasteiger partial charge in [0.2, 0.25) is 0 Å². The molecule has 1 fully saturated rings. The van der Waals surface area contributed by atoms with Crippen LogP contribution < -0.4 is 5.32 Å². The fraction of sp³-hybridized carbons (Fsp3) is 0.600. The van der Waals surface area contributed by atoms with Crippen molar-refractivity contribution in [1.29, 1.82) is 0 Å². The van der Waals surface area contributed by atoms with Crippen molar-refractivity contribution in [2.45, 2.75) is 39.0 Å². The predicted octanol–water partition coefficient (Wildman–Crippen LogP) is 4.19. The van der Waals surface area contributed by atoms with Crippen LogP contribution in [0.15, 0.2) is 18.2 Å². The monoisotopic (exact) mass is 269 g/mol. The second kappa shape index (κ2) is 6.03. The van der Waals surface area contributed by atoms with Crippen molar-refractivity contribution in [3.8, 4) is 0 Å². The minimum atomic E-state index is -0.124. The molecule has 0 unspecified atom stereocenters. The molecular weight excluding hydrogens is 249 g/mol. The van der Waals surface area contributed by atoms with Crippen molar-refractivity contribution in [3.63, 3.8) is 0 Å². The van der Waals surface area contributed by atoms with Gasteiger partial charge in [0.1, 0.15) is 5.82 Å². The average molecular weight is 270 g/mol. The first-order valence-electron chi connectivity index (χ1n) is 6.80. The number of benzene rings is 1.